The second kappa shape index (κ2) is 5.02. The van der Waals surface area contributed by atoms with Crippen LogP contribution in [0.25, 0.3) is 0 Å². The van der Waals surface area contributed by atoms with Crippen LogP contribution in [0.2, 0.25) is 5.02 Å². The summed E-state index contributed by atoms with van der Waals surface area (Å²) in [4.78, 5) is 3.83. The zero-order valence-corrected chi connectivity index (χ0v) is 8.24. The van der Waals surface area contributed by atoms with Crippen molar-refractivity contribution < 1.29 is 4.39 Å². The Labute approximate surface area is 82.1 Å². The molecule has 0 saturated heterocycles. The predicted octanol–water partition coefficient (Wildman–Crippen LogP) is 3.09. The molecule has 4 heteroatoms. The third-order valence-corrected chi connectivity index (χ3v) is 1.92. The van der Waals surface area contributed by atoms with Crippen molar-refractivity contribution in [2.45, 2.75) is 19.8 Å². The number of halogens is 2. The van der Waals surface area contributed by atoms with Gasteiger partial charge in [0.05, 0.1) is 11.2 Å². The Morgan fingerprint density at radius 1 is 1.62 bits per heavy atom. The molecule has 1 heterocycles. The summed E-state index contributed by atoms with van der Waals surface area (Å²) in [7, 11) is 0. The maximum absolute atomic E-state index is 12.6. The van der Waals surface area contributed by atoms with E-state index in [1.807, 2.05) is 0 Å². The normalized spacial score (nSPS) is 10.1. The van der Waals surface area contributed by atoms with Crippen LogP contribution >= 0.6 is 11.6 Å². The van der Waals surface area contributed by atoms with Gasteiger partial charge in [-0.3, -0.25) is 0 Å². The molecular weight excluding hydrogens is 191 g/mol. The van der Waals surface area contributed by atoms with Crippen LogP contribution in [0.1, 0.15) is 19.8 Å². The van der Waals surface area contributed by atoms with Gasteiger partial charge in [0, 0.05) is 6.54 Å². The van der Waals surface area contributed by atoms with Gasteiger partial charge in [-0.2, -0.15) is 0 Å². The first-order chi connectivity index (χ1) is 6.24. The molecule has 0 fully saturated rings. The van der Waals surface area contributed by atoms with Crippen LogP contribution in [0.3, 0.4) is 0 Å². The lowest BCUT2D eigenvalue weighted by Crippen LogP contribution is -2.03. The van der Waals surface area contributed by atoms with Crippen molar-refractivity contribution in [2.24, 2.45) is 0 Å². The van der Waals surface area contributed by atoms with Gasteiger partial charge in [0.25, 0.3) is 0 Å². The van der Waals surface area contributed by atoms with E-state index in [9.17, 15) is 4.39 Å². The number of hydrogen-bond acceptors (Lipinski definition) is 2. The summed E-state index contributed by atoms with van der Waals surface area (Å²) in [5.41, 5.74) is 0. The van der Waals surface area contributed by atoms with E-state index in [1.54, 1.807) is 0 Å². The summed E-state index contributed by atoms with van der Waals surface area (Å²) in [6.07, 6.45) is 3.31. The number of rotatable bonds is 4. The second-order valence-electron chi connectivity index (χ2n) is 2.76. The van der Waals surface area contributed by atoms with Crippen LogP contribution in [0, 0.1) is 5.82 Å². The van der Waals surface area contributed by atoms with E-state index < -0.39 is 5.82 Å². The van der Waals surface area contributed by atoms with Gasteiger partial charge < -0.3 is 5.32 Å². The van der Waals surface area contributed by atoms with Crippen molar-refractivity contribution in [3.05, 3.63) is 23.1 Å². The number of hydrogen-bond donors (Lipinski definition) is 1. The van der Waals surface area contributed by atoms with Gasteiger partial charge in [0.1, 0.15) is 11.6 Å². The van der Waals surface area contributed by atoms with E-state index in [-0.39, 0.29) is 0 Å². The van der Waals surface area contributed by atoms with Crippen molar-refractivity contribution in [2.75, 3.05) is 11.9 Å². The average molecular weight is 203 g/mol. The summed E-state index contributed by atoms with van der Waals surface area (Å²) < 4.78 is 12.6. The molecule has 0 aliphatic heterocycles. The molecule has 1 N–H and O–H groups in total. The van der Waals surface area contributed by atoms with Crippen LogP contribution in [-0.4, -0.2) is 11.5 Å². The maximum atomic E-state index is 12.6. The molecule has 72 valence electrons. The van der Waals surface area contributed by atoms with Crippen LogP contribution in [0.5, 0.6) is 0 Å². The molecule has 0 saturated carbocycles. The van der Waals surface area contributed by atoms with E-state index in [0.29, 0.717) is 10.8 Å². The molecule has 0 aliphatic rings. The SMILES string of the molecule is CCCCNc1ncc(F)cc1Cl. The van der Waals surface area contributed by atoms with Gasteiger partial charge >= 0.3 is 0 Å². The standard InChI is InChI=1S/C9H12ClFN2/c1-2-3-4-12-9-8(10)5-7(11)6-13-9/h5-6H,2-4H2,1H3,(H,12,13). The first-order valence-corrected chi connectivity index (χ1v) is 4.66. The van der Waals surface area contributed by atoms with Crippen molar-refractivity contribution in [1.82, 2.24) is 4.98 Å². The lowest BCUT2D eigenvalue weighted by Gasteiger charge is -2.05. The highest BCUT2D eigenvalue weighted by molar-refractivity contribution is 6.32. The number of unbranched alkanes of at least 4 members (excludes halogenated alkanes) is 1. The topological polar surface area (TPSA) is 24.9 Å². The molecular formula is C9H12ClFN2. The quantitative estimate of drug-likeness (QED) is 0.759. The van der Waals surface area contributed by atoms with Gasteiger partial charge in [-0.1, -0.05) is 24.9 Å². The Balaban J connectivity index is 2.56. The third-order valence-electron chi connectivity index (χ3n) is 1.63. The molecule has 0 amide bonds. The molecule has 0 aromatic carbocycles. The molecule has 2 nitrogen and oxygen atoms in total. The fourth-order valence-electron chi connectivity index (χ4n) is 0.928. The molecule has 13 heavy (non-hydrogen) atoms. The lowest BCUT2D eigenvalue weighted by molar-refractivity contribution is 0.621. The van der Waals surface area contributed by atoms with E-state index >= 15 is 0 Å². The fourth-order valence-corrected chi connectivity index (χ4v) is 1.15. The van der Waals surface area contributed by atoms with E-state index in [1.165, 1.54) is 6.07 Å². The number of aromatic nitrogens is 1. The maximum Gasteiger partial charge on any atom is 0.144 e. The second-order valence-corrected chi connectivity index (χ2v) is 3.17. The molecule has 1 rings (SSSR count). The van der Waals surface area contributed by atoms with Gasteiger partial charge in [-0.25, -0.2) is 9.37 Å². The van der Waals surface area contributed by atoms with Crippen LogP contribution in [0.15, 0.2) is 12.3 Å². The summed E-state index contributed by atoms with van der Waals surface area (Å²) in [6.45, 7) is 2.91. The molecule has 0 aliphatic carbocycles. The summed E-state index contributed by atoms with van der Waals surface area (Å²) in [5.74, 6) is 0.141. The summed E-state index contributed by atoms with van der Waals surface area (Å²) >= 11 is 5.74. The number of anilines is 1. The zero-order chi connectivity index (χ0) is 9.68. The highest BCUT2D eigenvalue weighted by Crippen LogP contribution is 2.19. The van der Waals surface area contributed by atoms with Gasteiger partial charge in [0.2, 0.25) is 0 Å². The van der Waals surface area contributed by atoms with E-state index in [2.05, 4.69) is 17.2 Å². The van der Waals surface area contributed by atoms with Crippen LogP contribution in [0.4, 0.5) is 10.2 Å². The predicted molar refractivity (Wildman–Crippen MR) is 52.6 cm³/mol. The van der Waals surface area contributed by atoms with Crippen LogP contribution < -0.4 is 5.32 Å². The number of nitrogens with zero attached hydrogens (tertiary/aromatic N) is 1. The van der Waals surface area contributed by atoms with Crippen LogP contribution in [-0.2, 0) is 0 Å². The summed E-state index contributed by atoms with van der Waals surface area (Å²) in [6, 6.07) is 1.25. The minimum absolute atomic E-state index is 0.330. The average Bonchev–Trinajstić information content (AvgIpc) is 2.09. The molecule has 0 radical (unpaired) electrons. The van der Waals surface area contributed by atoms with E-state index in [0.717, 1.165) is 25.6 Å². The number of pyridine rings is 1. The van der Waals surface area contributed by atoms with Crippen molar-refractivity contribution in [1.29, 1.82) is 0 Å². The van der Waals surface area contributed by atoms with Gasteiger partial charge in [-0.05, 0) is 12.5 Å². The first-order valence-electron chi connectivity index (χ1n) is 4.29. The minimum atomic E-state index is -0.411. The Morgan fingerprint density at radius 3 is 3.00 bits per heavy atom. The Morgan fingerprint density at radius 2 is 2.38 bits per heavy atom. The molecule has 0 unspecified atom stereocenters. The Bertz CT molecular complexity index is 278. The molecule has 0 spiro atoms. The highest BCUT2D eigenvalue weighted by atomic mass is 35.5. The monoisotopic (exact) mass is 202 g/mol. The first kappa shape index (κ1) is 10.3. The molecule has 1 aromatic heterocycles. The highest BCUT2D eigenvalue weighted by Gasteiger charge is 2.01. The minimum Gasteiger partial charge on any atom is -0.369 e. The zero-order valence-electron chi connectivity index (χ0n) is 7.48. The van der Waals surface area contributed by atoms with Crippen molar-refractivity contribution in [3.63, 3.8) is 0 Å². The fraction of sp³-hybridized carbons (Fsp3) is 0.444. The van der Waals surface area contributed by atoms with Crippen molar-refractivity contribution in [3.8, 4) is 0 Å². The summed E-state index contributed by atoms with van der Waals surface area (Å²) in [5, 5.41) is 3.36. The molecule has 0 atom stereocenters. The number of nitrogens with one attached hydrogen (secondary N) is 1. The smallest absolute Gasteiger partial charge is 0.144 e. The Hall–Kier alpha value is -0.830. The molecule has 0 bridgehead atoms. The third kappa shape index (κ3) is 3.19. The van der Waals surface area contributed by atoms with Crippen molar-refractivity contribution >= 4 is 17.4 Å². The lowest BCUT2D eigenvalue weighted by atomic mass is 10.3. The van der Waals surface area contributed by atoms with Gasteiger partial charge in [0.15, 0.2) is 0 Å². The van der Waals surface area contributed by atoms with E-state index in [4.69, 9.17) is 11.6 Å². The largest absolute Gasteiger partial charge is 0.369 e. The van der Waals surface area contributed by atoms with Gasteiger partial charge in [-0.15, -0.1) is 0 Å². The Kier molecular flexibility index (Phi) is 3.96. The molecule has 1 aromatic rings.